The van der Waals surface area contributed by atoms with E-state index >= 15 is 0 Å². The molecule has 0 aromatic rings. The summed E-state index contributed by atoms with van der Waals surface area (Å²) in [6.45, 7) is 0.814. The number of carbonyl (C=O) groups excluding carboxylic acids is 1. The first-order chi connectivity index (χ1) is 4.30. The number of hydrogen-bond donors (Lipinski definition) is 2. The molecular weight excluding hydrogens is 136 g/mol. The molecule has 1 atom stereocenters. The van der Waals surface area contributed by atoms with E-state index in [1.165, 1.54) is 11.9 Å². The molecule has 0 aromatic carbocycles. The van der Waals surface area contributed by atoms with Gasteiger partial charge in [0.2, 0.25) is 5.91 Å². The lowest BCUT2D eigenvalue weighted by atomic mass is 10.3. The summed E-state index contributed by atoms with van der Waals surface area (Å²) in [6.07, 6.45) is 3.70. The average molecular weight is 144 g/mol. The Morgan fingerprint density at radius 3 is 3.00 bits per heavy atom. The number of hydrogen-bond acceptors (Lipinski definition) is 3. The molecular formula is C5H8N2OS. The molecule has 1 amide bonds. The van der Waals surface area contributed by atoms with Gasteiger partial charge >= 0.3 is 0 Å². The summed E-state index contributed by atoms with van der Waals surface area (Å²) in [4.78, 5) is 10.5. The van der Waals surface area contributed by atoms with Crippen molar-refractivity contribution in [3.05, 3.63) is 12.2 Å². The van der Waals surface area contributed by atoms with Crippen molar-refractivity contribution in [3.63, 3.8) is 0 Å². The van der Waals surface area contributed by atoms with E-state index < -0.39 is 0 Å². The van der Waals surface area contributed by atoms with Crippen molar-refractivity contribution in [1.29, 1.82) is 0 Å². The summed E-state index contributed by atoms with van der Waals surface area (Å²) in [5.74, 6) is -0.288. The molecule has 0 saturated heterocycles. The first kappa shape index (κ1) is 6.64. The van der Waals surface area contributed by atoms with Gasteiger partial charge in [-0.05, 0) is 0 Å². The van der Waals surface area contributed by atoms with E-state index in [0.29, 0.717) is 0 Å². The predicted octanol–water partition coefficient (Wildman–Crippen LogP) is -0.352. The zero-order chi connectivity index (χ0) is 6.69. The molecule has 9 heavy (non-hydrogen) atoms. The van der Waals surface area contributed by atoms with Gasteiger partial charge in [-0.3, -0.25) is 9.52 Å². The fraction of sp³-hybridized carbons (Fsp3) is 0.400. The van der Waals surface area contributed by atoms with Gasteiger partial charge in [-0.15, -0.1) is 0 Å². The third-order valence-electron chi connectivity index (χ3n) is 1.00. The SMILES string of the molecule is NC(=O)C1C=CCNS1. The van der Waals surface area contributed by atoms with Crippen molar-refractivity contribution in [3.8, 4) is 0 Å². The second kappa shape index (κ2) is 2.89. The van der Waals surface area contributed by atoms with Crippen LogP contribution in [0.2, 0.25) is 0 Å². The van der Waals surface area contributed by atoms with E-state index in [1.54, 1.807) is 0 Å². The second-order valence-corrected chi connectivity index (χ2v) is 2.75. The van der Waals surface area contributed by atoms with Gasteiger partial charge in [0.25, 0.3) is 0 Å². The van der Waals surface area contributed by atoms with E-state index in [-0.39, 0.29) is 11.2 Å². The summed E-state index contributed by atoms with van der Waals surface area (Å²) >= 11 is 1.36. The minimum atomic E-state index is -0.288. The monoisotopic (exact) mass is 144 g/mol. The van der Waals surface area contributed by atoms with E-state index in [1.807, 2.05) is 12.2 Å². The Hall–Kier alpha value is -0.480. The zero-order valence-electron chi connectivity index (χ0n) is 4.83. The fourth-order valence-corrected chi connectivity index (χ4v) is 1.25. The third kappa shape index (κ3) is 1.73. The van der Waals surface area contributed by atoms with Crippen LogP contribution >= 0.6 is 11.9 Å². The van der Waals surface area contributed by atoms with Crippen molar-refractivity contribution < 1.29 is 4.79 Å². The normalized spacial score (nSPS) is 26.0. The minimum absolute atomic E-state index is 0.182. The molecule has 0 aromatic heterocycles. The largest absolute Gasteiger partial charge is 0.368 e. The van der Waals surface area contributed by atoms with E-state index in [9.17, 15) is 4.79 Å². The van der Waals surface area contributed by atoms with Crippen LogP contribution in [-0.4, -0.2) is 17.7 Å². The standard InChI is InChI=1S/C5H8N2OS/c6-5(8)4-2-1-3-7-9-4/h1-2,4,7H,3H2,(H2,6,8). The van der Waals surface area contributed by atoms with Crippen LogP contribution in [0.1, 0.15) is 0 Å². The maximum absolute atomic E-state index is 10.5. The fourth-order valence-electron chi connectivity index (χ4n) is 0.570. The first-order valence-electron chi connectivity index (χ1n) is 2.65. The Bertz CT molecular complexity index is 146. The molecule has 4 heteroatoms. The third-order valence-corrected chi connectivity index (χ3v) is 1.98. The van der Waals surface area contributed by atoms with Gasteiger partial charge in [-0.2, -0.15) is 0 Å². The molecule has 0 radical (unpaired) electrons. The van der Waals surface area contributed by atoms with Crippen molar-refractivity contribution >= 4 is 17.9 Å². The highest BCUT2D eigenvalue weighted by molar-refractivity contribution is 7.98. The van der Waals surface area contributed by atoms with Crippen LogP contribution in [0, 0.1) is 0 Å². The van der Waals surface area contributed by atoms with Gasteiger partial charge in [0, 0.05) is 6.54 Å². The van der Waals surface area contributed by atoms with Gasteiger partial charge in [0.05, 0.1) is 0 Å². The lowest BCUT2D eigenvalue weighted by Crippen LogP contribution is -2.29. The van der Waals surface area contributed by atoms with Crippen LogP contribution in [0.5, 0.6) is 0 Å². The molecule has 1 unspecified atom stereocenters. The van der Waals surface area contributed by atoms with Crippen molar-refractivity contribution in [2.75, 3.05) is 6.54 Å². The lowest BCUT2D eigenvalue weighted by Gasteiger charge is -2.11. The van der Waals surface area contributed by atoms with Gasteiger partial charge in [-0.25, -0.2) is 0 Å². The molecule has 0 fully saturated rings. The molecule has 1 rings (SSSR count). The van der Waals surface area contributed by atoms with Gasteiger partial charge < -0.3 is 5.73 Å². The number of nitrogens with two attached hydrogens (primary N) is 1. The molecule has 0 aliphatic carbocycles. The number of amides is 1. The summed E-state index contributed by atoms with van der Waals surface area (Å²) in [5, 5.41) is -0.182. The number of primary amides is 1. The Labute approximate surface area is 57.8 Å². The Kier molecular flexibility index (Phi) is 2.13. The van der Waals surface area contributed by atoms with Gasteiger partial charge in [0.15, 0.2) is 0 Å². The number of rotatable bonds is 1. The maximum atomic E-state index is 10.5. The van der Waals surface area contributed by atoms with Gasteiger partial charge in [0.1, 0.15) is 5.25 Å². The molecule has 3 N–H and O–H groups in total. The molecule has 3 nitrogen and oxygen atoms in total. The summed E-state index contributed by atoms with van der Waals surface area (Å²) in [5.41, 5.74) is 5.02. The summed E-state index contributed by atoms with van der Waals surface area (Å²) in [7, 11) is 0. The summed E-state index contributed by atoms with van der Waals surface area (Å²) < 4.78 is 2.95. The van der Waals surface area contributed by atoms with Crippen LogP contribution in [0.25, 0.3) is 0 Å². The molecule has 0 saturated carbocycles. The molecule has 1 aliphatic rings. The molecule has 1 heterocycles. The van der Waals surface area contributed by atoms with Crippen LogP contribution in [0.3, 0.4) is 0 Å². The van der Waals surface area contributed by atoms with E-state index in [4.69, 9.17) is 5.73 Å². The first-order valence-corrected chi connectivity index (χ1v) is 3.53. The average Bonchev–Trinajstić information content (AvgIpc) is 1.90. The Morgan fingerprint density at radius 2 is 2.67 bits per heavy atom. The molecule has 0 bridgehead atoms. The van der Waals surface area contributed by atoms with E-state index in [2.05, 4.69) is 4.72 Å². The second-order valence-electron chi connectivity index (χ2n) is 1.72. The summed E-state index contributed by atoms with van der Waals surface area (Å²) in [6, 6.07) is 0. The van der Waals surface area contributed by atoms with Crippen molar-refractivity contribution in [1.82, 2.24) is 4.72 Å². The zero-order valence-corrected chi connectivity index (χ0v) is 5.65. The number of nitrogens with one attached hydrogen (secondary N) is 1. The van der Waals surface area contributed by atoms with Crippen LogP contribution in [0.4, 0.5) is 0 Å². The van der Waals surface area contributed by atoms with Gasteiger partial charge in [-0.1, -0.05) is 24.1 Å². The van der Waals surface area contributed by atoms with Crippen LogP contribution in [0.15, 0.2) is 12.2 Å². The number of carbonyl (C=O) groups is 1. The molecule has 50 valence electrons. The highest BCUT2D eigenvalue weighted by atomic mass is 32.2. The smallest absolute Gasteiger partial charge is 0.235 e. The predicted molar refractivity (Wildman–Crippen MR) is 37.7 cm³/mol. The topological polar surface area (TPSA) is 55.1 Å². The van der Waals surface area contributed by atoms with Crippen LogP contribution < -0.4 is 10.5 Å². The van der Waals surface area contributed by atoms with Crippen molar-refractivity contribution in [2.24, 2.45) is 5.73 Å². The molecule has 0 spiro atoms. The lowest BCUT2D eigenvalue weighted by molar-refractivity contribution is -0.116. The highest BCUT2D eigenvalue weighted by Crippen LogP contribution is 2.10. The Morgan fingerprint density at radius 1 is 1.89 bits per heavy atom. The minimum Gasteiger partial charge on any atom is -0.368 e. The molecule has 1 aliphatic heterocycles. The van der Waals surface area contributed by atoms with Crippen LogP contribution in [-0.2, 0) is 4.79 Å². The highest BCUT2D eigenvalue weighted by Gasteiger charge is 2.13. The maximum Gasteiger partial charge on any atom is 0.235 e. The van der Waals surface area contributed by atoms with E-state index in [0.717, 1.165) is 6.54 Å². The Balaban J connectivity index is 2.50. The quantitative estimate of drug-likeness (QED) is 0.390. The van der Waals surface area contributed by atoms with Crippen molar-refractivity contribution in [2.45, 2.75) is 5.25 Å².